The minimum atomic E-state index is -3.24. The van der Waals surface area contributed by atoms with Crippen molar-refractivity contribution in [1.29, 1.82) is 0 Å². The van der Waals surface area contributed by atoms with Gasteiger partial charge in [-0.05, 0) is 44.6 Å². The van der Waals surface area contributed by atoms with Gasteiger partial charge in [-0.25, -0.2) is 4.72 Å². The van der Waals surface area contributed by atoms with Crippen LogP contribution in [-0.4, -0.2) is 44.9 Å². The summed E-state index contributed by atoms with van der Waals surface area (Å²) in [5.41, 5.74) is 0. The molecule has 0 aromatic rings. The predicted molar refractivity (Wildman–Crippen MR) is 72.5 cm³/mol. The van der Waals surface area contributed by atoms with E-state index in [9.17, 15) is 8.42 Å². The predicted octanol–water partition coefficient (Wildman–Crippen LogP) is 0.695. The Morgan fingerprint density at radius 1 is 1.28 bits per heavy atom. The molecule has 2 saturated heterocycles. The average Bonchev–Trinajstić information content (AvgIpc) is 2.82. The maximum Gasteiger partial charge on any atom is 0.279 e. The molecule has 0 aromatic carbocycles. The van der Waals surface area contributed by atoms with E-state index in [0.717, 1.165) is 25.8 Å². The summed E-state index contributed by atoms with van der Waals surface area (Å²) in [5, 5.41) is 3.38. The van der Waals surface area contributed by atoms with E-state index in [0.29, 0.717) is 31.6 Å². The summed E-state index contributed by atoms with van der Waals surface area (Å²) in [5.74, 6) is 0.652. The first-order valence-corrected chi connectivity index (χ1v) is 8.50. The summed E-state index contributed by atoms with van der Waals surface area (Å²) < 4.78 is 28.4. The topological polar surface area (TPSA) is 61.4 Å². The first-order valence-electron chi connectivity index (χ1n) is 7.06. The quantitative estimate of drug-likeness (QED) is 0.776. The summed E-state index contributed by atoms with van der Waals surface area (Å²) in [4.78, 5) is 0. The molecule has 0 aromatic heterocycles. The highest BCUT2D eigenvalue weighted by Gasteiger charge is 2.26. The van der Waals surface area contributed by atoms with Gasteiger partial charge < -0.3 is 5.32 Å². The maximum absolute atomic E-state index is 12.1. The number of nitrogens with zero attached hydrogens (tertiary/aromatic N) is 1. The third-order valence-electron chi connectivity index (χ3n) is 4.02. The number of hydrogen-bond acceptors (Lipinski definition) is 3. The molecule has 0 saturated carbocycles. The molecule has 0 aliphatic carbocycles. The molecule has 2 aliphatic rings. The maximum atomic E-state index is 12.1. The van der Waals surface area contributed by atoms with Crippen molar-refractivity contribution in [3.8, 4) is 0 Å². The van der Waals surface area contributed by atoms with Crippen LogP contribution in [0.15, 0.2) is 0 Å². The number of rotatable bonds is 5. The lowest BCUT2D eigenvalue weighted by molar-refractivity contribution is 0.285. The minimum Gasteiger partial charge on any atom is -0.314 e. The van der Waals surface area contributed by atoms with Crippen molar-refractivity contribution in [2.24, 2.45) is 5.92 Å². The van der Waals surface area contributed by atoms with Gasteiger partial charge in [0.2, 0.25) is 0 Å². The van der Waals surface area contributed by atoms with Gasteiger partial charge in [0.25, 0.3) is 10.2 Å². The van der Waals surface area contributed by atoms with Crippen LogP contribution >= 0.6 is 0 Å². The van der Waals surface area contributed by atoms with Gasteiger partial charge in [-0.3, -0.25) is 0 Å². The molecule has 1 atom stereocenters. The molecular weight excluding hydrogens is 250 g/mol. The lowest BCUT2D eigenvalue weighted by Crippen LogP contribution is -2.45. The van der Waals surface area contributed by atoms with Crippen LogP contribution in [0.1, 0.15) is 39.0 Å². The van der Waals surface area contributed by atoms with Gasteiger partial charge in [-0.1, -0.05) is 6.92 Å². The first-order chi connectivity index (χ1) is 8.58. The molecule has 0 amide bonds. The van der Waals surface area contributed by atoms with Crippen LogP contribution < -0.4 is 10.0 Å². The minimum absolute atomic E-state index is 0.495. The Kier molecular flexibility index (Phi) is 5.00. The van der Waals surface area contributed by atoms with Gasteiger partial charge in [-0.2, -0.15) is 12.7 Å². The number of nitrogens with one attached hydrogen (secondary N) is 2. The SMILES string of the molecule is CC1CCN(S(=O)(=O)NCCC2CCCN2)CC1. The van der Waals surface area contributed by atoms with Crippen molar-refractivity contribution in [2.45, 2.75) is 45.1 Å². The van der Waals surface area contributed by atoms with E-state index in [-0.39, 0.29) is 0 Å². The van der Waals surface area contributed by atoms with Crippen LogP contribution in [0.3, 0.4) is 0 Å². The fourth-order valence-electron chi connectivity index (χ4n) is 2.68. The van der Waals surface area contributed by atoms with Crippen molar-refractivity contribution < 1.29 is 8.42 Å². The van der Waals surface area contributed by atoms with Gasteiger partial charge in [-0.15, -0.1) is 0 Å². The Labute approximate surface area is 110 Å². The molecule has 18 heavy (non-hydrogen) atoms. The highest BCUT2D eigenvalue weighted by atomic mass is 32.2. The summed E-state index contributed by atoms with van der Waals surface area (Å²) in [6, 6.07) is 0.495. The summed E-state index contributed by atoms with van der Waals surface area (Å²) in [6.45, 7) is 5.13. The summed E-state index contributed by atoms with van der Waals surface area (Å²) >= 11 is 0. The molecule has 2 heterocycles. The molecular formula is C12H25N3O2S. The Bertz CT molecular complexity index is 344. The summed E-state index contributed by atoms with van der Waals surface area (Å²) in [6.07, 6.45) is 5.23. The molecule has 5 nitrogen and oxygen atoms in total. The van der Waals surface area contributed by atoms with Crippen LogP contribution in [0, 0.1) is 5.92 Å². The molecule has 1 unspecified atom stereocenters. The van der Waals surface area contributed by atoms with E-state index in [4.69, 9.17) is 0 Å². The summed E-state index contributed by atoms with van der Waals surface area (Å²) in [7, 11) is -3.24. The van der Waals surface area contributed by atoms with E-state index in [2.05, 4.69) is 17.0 Å². The van der Waals surface area contributed by atoms with Gasteiger partial charge in [0, 0.05) is 25.7 Å². The van der Waals surface area contributed by atoms with Gasteiger partial charge >= 0.3 is 0 Å². The fourth-order valence-corrected chi connectivity index (χ4v) is 3.93. The standard InChI is InChI=1S/C12H25N3O2S/c1-11-5-9-15(10-6-11)18(16,17)14-8-4-12-3-2-7-13-12/h11-14H,2-10H2,1H3. The number of hydrogen-bond donors (Lipinski definition) is 2. The lowest BCUT2D eigenvalue weighted by Gasteiger charge is -2.29. The normalized spacial score (nSPS) is 27.7. The zero-order valence-corrected chi connectivity index (χ0v) is 12.0. The fraction of sp³-hybridized carbons (Fsp3) is 1.00. The van der Waals surface area contributed by atoms with Crippen molar-refractivity contribution in [3.63, 3.8) is 0 Å². The molecule has 0 spiro atoms. The Morgan fingerprint density at radius 2 is 2.00 bits per heavy atom. The number of piperidine rings is 1. The van der Waals surface area contributed by atoms with Crippen LogP contribution in [0.2, 0.25) is 0 Å². The van der Waals surface area contributed by atoms with E-state index in [1.807, 2.05) is 0 Å². The van der Waals surface area contributed by atoms with Gasteiger partial charge in [0.15, 0.2) is 0 Å². The second-order valence-electron chi connectivity index (χ2n) is 5.56. The van der Waals surface area contributed by atoms with Crippen LogP contribution in [0.25, 0.3) is 0 Å². The second kappa shape index (κ2) is 6.32. The molecule has 2 N–H and O–H groups in total. The molecule has 2 aliphatic heterocycles. The van der Waals surface area contributed by atoms with Crippen molar-refractivity contribution in [2.75, 3.05) is 26.2 Å². The van der Waals surface area contributed by atoms with E-state index in [1.165, 1.54) is 12.8 Å². The Morgan fingerprint density at radius 3 is 2.61 bits per heavy atom. The Hall–Kier alpha value is -0.170. The molecule has 2 fully saturated rings. The third-order valence-corrected chi connectivity index (χ3v) is 5.64. The van der Waals surface area contributed by atoms with Crippen molar-refractivity contribution in [3.05, 3.63) is 0 Å². The average molecular weight is 275 g/mol. The highest BCUT2D eigenvalue weighted by Crippen LogP contribution is 2.18. The van der Waals surface area contributed by atoms with Crippen molar-refractivity contribution >= 4 is 10.2 Å². The smallest absolute Gasteiger partial charge is 0.279 e. The van der Waals surface area contributed by atoms with Gasteiger partial charge in [0.1, 0.15) is 0 Å². The monoisotopic (exact) mass is 275 g/mol. The molecule has 106 valence electrons. The molecule has 0 radical (unpaired) electrons. The lowest BCUT2D eigenvalue weighted by atomic mass is 10.0. The van der Waals surface area contributed by atoms with Crippen LogP contribution in [0.5, 0.6) is 0 Å². The largest absolute Gasteiger partial charge is 0.314 e. The van der Waals surface area contributed by atoms with E-state index in [1.54, 1.807) is 4.31 Å². The third kappa shape index (κ3) is 3.91. The second-order valence-corrected chi connectivity index (χ2v) is 7.32. The van der Waals surface area contributed by atoms with E-state index < -0.39 is 10.2 Å². The molecule has 0 bridgehead atoms. The van der Waals surface area contributed by atoms with Crippen LogP contribution in [0.4, 0.5) is 0 Å². The van der Waals surface area contributed by atoms with Crippen LogP contribution in [-0.2, 0) is 10.2 Å². The molecule has 2 rings (SSSR count). The Balaban J connectivity index is 1.72. The zero-order valence-electron chi connectivity index (χ0n) is 11.2. The van der Waals surface area contributed by atoms with E-state index >= 15 is 0 Å². The molecule has 6 heteroatoms. The van der Waals surface area contributed by atoms with Gasteiger partial charge in [0.05, 0.1) is 0 Å². The van der Waals surface area contributed by atoms with Crippen molar-refractivity contribution in [1.82, 2.24) is 14.3 Å². The zero-order chi connectivity index (χ0) is 13.0. The first kappa shape index (κ1) is 14.2. The highest BCUT2D eigenvalue weighted by molar-refractivity contribution is 7.87.